The van der Waals surface area contributed by atoms with E-state index in [1.54, 1.807) is 11.8 Å². The van der Waals surface area contributed by atoms with Crippen LogP contribution in [-0.4, -0.2) is 63.0 Å². The largest absolute Gasteiger partial charge is 0.453 e. The third-order valence-electron chi connectivity index (χ3n) is 5.35. The zero-order chi connectivity index (χ0) is 19.3. The fourth-order valence-electron chi connectivity index (χ4n) is 3.83. The summed E-state index contributed by atoms with van der Waals surface area (Å²) in [5.41, 5.74) is 1.50. The Labute approximate surface area is 153 Å². The molecular weight excluding hydrogens is 363 g/mol. The van der Waals surface area contributed by atoms with Gasteiger partial charge in [0, 0.05) is 37.3 Å². The number of fused-ring (bicyclic) bond motifs is 1. The van der Waals surface area contributed by atoms with Gasteiger partial charge in [-0.1, -0.05) is 0 Å². The summed E-state index contributed by atoms with van der Waals surface area (Å²) < 4.78 is 40.5. The topological polar surface area (TPSA) is 78.7 Å². The van der Waals surface area contributed by atoms with Crippen LogP contribution < -0.4 is 10.2 Å². The highest BCUT2D eigenvalue weighted by Gasteiger charge is 2.39. The van der Waals surface area contributed by atoms with Crippen molar-refractivity contribution in [2.75, 3.05) is 31.1 Å². The maximum absolute atomic E-state index is 13.2. The summed E-state index contributed by atoms with van der Waals surface area (Å²) in [7, 11) is 0. The lowest BCUT2D eigenvalue weighted by molar-refractivity contribution is -0.146. The number of hydrogen-bond donors (Lipinski definition) is 1. The summed E-state index contributed by atoms with van der Waals surface area (Å²) in [5.74, 6) is -0.649. The summed E-state index contributed by atoms with van der Waals surface area (Å²) >= 11 is 0. The van der Waals surface area contributed by atoms with Crippen LogP contribution in [0.3, 0.4) is 0 Å². The van der Waals surface area contributed by atoms with Gasteiger partial charge in [-0.15, -0.1) is 15.3 Å². The van der Waals surface area contributed by atoms with Gasteiger partial charge in [0.2, 0.25) is 0 Å². The van der Waals surface area contributed by atoms with Crippen molar-refractivity contribution in [1.82, 2.24) is 30.0 Å². The molecule has 0 spiro atoms. The summed E-state index contributed by atoms with van der Waals surface area (Å²) in [5, 5.41) is 14.0. The predicted molar refractivity (Wildman–Crippen MR) is 90.6 cm³/mol. The van der Waals surface area contributed by atoms with Crippen molar-refractivity contribution < 1.29 is 18.0 Å². The monoisotopic (exact) mass is 383 g/mol. The van der Waals surface area contributed by atoms with E-state index in [4.69, 9.17) is 0 Å². The first kappa shape index (κ1) is 17.8. The first-order valence-electron chi connectivity index (χ1n) is 8.86. The quantitative estimate of drug-likeness (QED) is 0.855. The third kappa shape index (κ3) is 2.94. The van der Waals surface area contributed by atoms with E-state index in [1.165, 1.54) is 0 Å². The van der Waals surface area contributed by atoms with Gasteiger partial charge in [0.15, 0.2) is 11.5 Å². The summed E-state index contributed by atoms with van der Waals surface area (Å²) in [6.07, 6.45) is -2.94. The Morgan fingerprint density at radius 1 is 1.15 bits per heavy atom. The van der Waals surface area contributed by atoms with Gasteiger partial charge >= 0.3 is 12.2 Å². The molecule has 0 saturated carbocycles. The van der Waals surface area contributed by atoms with E-state index < -0.39 is 12.0 Å². The number of nitrogens with one attached hydrogen (secondary N) is 1. The smallest absolute Gasteiger partial charge is 0.353 e. The third-order valence-corrected chi connectivity index (χ3v) is 5.35. The predicted octanol–water partition coefficient (Wildman–Crippen LogP) is 1.75. The second-order valence-electron chi connectivity index (χ2n) is 7.00. The first-order valence-corrected chi connectivity index (χ1v) is 8.86. The summed E-state index contributed by atoms with van der Waals surface area (Å²) in [6.45, 7) is 6.02. The normalized spacial score (nSPS) is 21.2. The molecule has 4 heterocycles. The Kier molecular flexibility index (Phi) is 4.11. The molecule has 2 aromatic heterocycles. The van der Waals surface area contributed by atoms with Gasteiger partial charge in [0.1, 0.15) is 0 Å². The minimum atomic E-state index is -4.64. The van der Waals surface area contributed by atoms with Crippen molar-refractivity contribution in [3.8, 4) is 0 Å². The standard InChI is InChI=1S/C16H20F3N7O/c1-9-10(2)13(23-26-12(9)21-22-14(26)16(17,18)19)24-6-3-4-11(8-24)25-7-5-20-15(25)27/h11H,3-8H2,1-2H3,(H,20,27). The number of hydrogen-bond acceptors (Lipinski definition) is 5. The van der Waals surface area contributed by atoms with Crippen LogP contribution in [0.4, 0.5) is 23.8 Å². The zero-order valence-electron chi connectivity index (χ0n) is 15.0. The molecule has 2 fully saturated rings. The number of aromatic nitrogens is 4. The molecule has 0 radical (unpaired) electrons. The van der Waals surface area contributed by atoms with E-state index >= 15 is 0 Å². The van der Waals surface area contributed by atoms with Gasteiger partial charge in [-0.2, -0.15) is 17.7 Å². The highest BCUT2D eigenvalue weighted by molar-refractivity contribution is 5.76. The number of aryl methyl sites for hydroxylation is 1. The number of urea groups is 1. The van der Waals surface area contributed by atoms with Crippen LogP contribution in [0.25, 0.3) is 5.65 Å². The molecule has 0 aliphatic carbocycles. The number of rotatable bonds is 2. The van der Waals surface area contributed by atoms with Gasteiger partial charge < -0.3 is 15.1 Å². The zero-order valence-corrected chi connectivity index (χ0v) is 15.0. The molecule has 1 unspecified atom stereocenters. The molecule has 4 rings (SSSR count). The number of alkyl halides is 3. The first-order chi connectivity index (χ1) is 12.8. The van der Waals surface area contributed by atoms with Crippen molar-refractivity contribution in [3.63, 3.8) is 0 Å². The maximum Gasteiger partial charge on any atom is 0.453 e. The number of carbonyl (C=O) groups excluding carboxylic acids is 1. The molecule has 2 aliphatic rings. The van der Waals surface area contributed by atoms with Crippen molar-refractivity contribution >= 4 is 17.5 Å². The van der Waals surface area contributed by atoms with Crippen LogP contribution in [0, 0.1) is 13.8 Å². The van der Waals surface area contributed by atoms with Gasteiger partial charge in [-0.05, 0) is 26.7 Å². The second-order valence-corrected chi connectivity index (χ2v) is 7.00. The van der Waals surface area contributed by atoms with E-state index in [-0.39, 0.29) is 17.7 Å². The maximum atomic E-state index is 13.2. The van der Waals surface area contributed by atoms with E-state index in [1.807, 2.05) is 11.8 Å². The molecule has 8 nitrogen and oxygen atoms in total. The number of carbonyl (C=O) groups is 1. The molecule has 0 aromatic carbocycles. The fourth-order valence-corrected chi connectivity index (χ4v) is 3.83. The van der Waals surface area contributed by atoms with Gasteiger partial charge in [0.05, 0.1) is 6.04 Å². The van der Waals surface area contributed by atoms with Crippen LogP contribution in [0.2, 0.25) is 0 Å². The van der Waals surface area contributed by atoms with Crippen LogP contribution in [0.5, 0.6) is 0 Å². The number of piperidine rings is 1. The number of amides is 2. The summed E-state index contributed by atoms with van der Waals surface area (Å²) in [4.78, 5) is 15.7. The minimum Gasteiger partial charge on any atom is -0.353 e. The molecule has 0 bridgehead atoms. The van der Waals surface area contributed by atoms with Crippen LogP contribution >= 0.6 is 0 Å². The molecule has 11 heteroatoms. The molecule has 1 atom stereocenters. The molecule has 1 N–H and O–H groups in total. The highest BCUT2D eigenvalue weighted by atomic mass is 19.4. The SMILES string of the molecule is Cc1c(N2CCCC(N3CCNC3=O)C2)nn2c(C(F)(F)F)nnc2c1C. The van der Waals surface area contributed by atoms with Crippen LogP contribution in [0.1, 0.15) is 29.8 Å². The minimum absolute atomic E-state index is 0.0152. The highest BCUT2D eigenvalue weighted by Crippen LogP contribution is 2.31. The van der Waals surface area contributed by atoms with Crippen molar-refractivity contribution in [1.29, 1.82) is 0 Å². The average molecular weight is 383 g/mol. The Morgan fingerprint density at radius 3 is 2.59 bits per heavy atom. The lowest BCUT2D eigenvalue weighted by Crippen LogP contribution is -2.49. The lowest BCUT2D eigenvalue weighted by atomic mass is 10.0. The van der Waals surface area contributed by atoms with Gasteiger partial charge in [0.25, 0.3) is 5.82 Å². The van der Waals surface area contributed by atoms with Crippen LogP contribution in [0.15, 0.2) is 0 Å². The molecule has 2 amide bonds. The van der Waals surface area contributed by atoms with E-state index in [9.17, 15) is 18.0 Å². The van der Waals surface area contributed by atoms with E-state index in [0.29, 0.717) is 37.6 Å². The number of anilines is 1. The van der Waals surface area contributed by atoms with E-state index in [0.717, 1.165) is 22.9 Å². The Bertz CT molecular complexity index is 894. The Morgan fingerprint density at radius 2 is 1.93 bits per heavy atom. The summed E-state index contributed by atoms with van der Waals surface area (Å²) in [6, 6.07) is -0.0715. The van der Waals surface area contributed by atoms with Gasteiger partial charge in [-0.25, -0.2) is 4.79 Å². The lowest BCUT2D eigenvalue weighted by Gasteiger charge is -2.38. The Hall–Kier alpha value is -2.59. The molecule has 2 aromatic rings. The Balaban J connectivity index is 1.72. The molecule has 2 saturated heterocycles. The van der Waals surface area contributed by atoms with E-state index in [2.05, 4.69) is 20.6 Å². The molecular formula is C16H20F3N7O. The number of halogens is 3. The van der Waals surface area contributed by atoms with Gasteiger partial charge in [-0.3, -0.25) is 0 Å². The average Bonchev–Trinajstić information content (AvgIpc) is 3.24. The second kappa shape index (κ2) is 6.24. The number of nitrogens with zero attached hydrogens (tertiary/aromatic N) is 6. The van der Waals surface area contributed by atoms with Crippen LogP contribution in [-0.2, 0) is 6.18 Å². The van der Waals surface area contributed by atoms with Crippen molar-refractivity contribution in [2.45, 2.75) is 38.9 Å². The van der Waals surface area contributed by atoms with Crippen molar-refractivity contribution in [3.05, 3.63) is 17.0 Å². The van der Waals surface area contributed by atoms with Crippen molar-refractivity contribution in [2.24, 2.45) is 0 Å². The molecule has 146 valence electrons. The molecule has 27 heavy (non-hydrogen) atoms. The fraction of sp³-hybridized carbons (Fsp3) is 0.625. The molecule has 2 aliphatic heterocycles.